The second-order valence-electron chi connectivity index (χ2n) is 7.31. The van der Waals surface area contributed by atoms with E-state index in [1.807, 2.05) is 27.7 Å². The first-order valence-electron chi connectivity index (χ1n) is 8.56. The molecule has 0 aliphatic heterocycles. The summed E-state index contributed by atoms with van der Waals surface area (Å²) in [5, 5.41) is 0.710. The maximum Gasteiger partial charge on any atom is 0.268 e. The van der Waals surface area contributed by atoms with Crippen molar-refractivity contribution in [3.63, 3.8) is 0 Å². The number of aromatic nitrogens is 2. The van der Waals surface area contributed by atoms with Gasteiger partial charge in [-0.1, -0.05) is 18.2 Å². The Morgan fingerprint density at radius 2 is 1.81 bits per heavy atom. The zero-order valence-electron chi connectivity index (χ0n) is 15.7. The van der Waals surface area contributed by atoms with E-state index in [4.69, 9.17) is 0 Å². The molecule has 1 N–H and O–H groups in total. The van der Waals surface area contributed by atoms with Crippen molar-refractivity contribution < 1.29 is 12.6 Å². The summed E-state index contributed by atoms with van der Waals surface area (Å²) in [5.74, 6) is 0. The molecule has 0 unspecified atom stereocenters. The van der Waals surface area contributed by atoms with Crippen molar-refractivity contribution in [2.75, 3.05) is 0 Å². The molecule has 0 aliphatic carbocycles. The summed E-state index contributed by atoms with van der Waals surface area (Å²) in [6, 6.07) is 11.3. The third kappa shape index (κ3) is 3.83. The molecule has 0 aliphatic rings. The average molecular weight is 406 g/mol. The first kappa shape index (κ1) is 19.7. The molecule has 2 aromatic heterocycles. The lowest BCUT2D eigenvalue weighted by Gasteiger charge is -2.23. The number of nitrogens with zero attached hydrogens (tertiary/aromatic N) is 2. The molecule has 144 valence electrons. The number of nitrogens with one attached hydrogen (secondary N) is 1. The first-order chi connectivity index (χ1) is 12.6. The van der Waals surface area contributed by atoms with E-state index < -0.39 is 31.8 Å². The van der Waals surface area contributed by atoms with Gasteiger partial charge in [0.15, 0.2) is 0 Å². The van der Waals surface area contributed by atoms with Crippen LogP contribution >= 0.6 is 0 Å². The van der Waals surface area contributed by atoms with Gasteiger partial charge in [0.1, 0.15) is 0 Å². The normalized spacial score (nSPS) is 15.0. The van der Waals surface area contributed by atoms with Gasteiger partial charge in [-0.05, 0) is 52.0 Å². The third-order valence-electron chi connectivity index (χ3n) is 4.15. The maximum atomic E-state index is 13.4. The molecular formula is C19H23N3O3S2. The van der Waals surface area contributed by atoms with E-state index in [1.54, 1.807) is 54.9 Å². The van der Waals surface area contributed by atoms with E-state index in [2.05, 4.69) is 9.71 Å². The predicted octanol–water partition coefficient (Wildman–Crippen LogP) is 3.39. The molecule has 0 saturated heterocycles. The molecule has 8 heteroatoms. The van der Waals surface area contributed by atoms with Gasteiger partial charge in [-0.15, -0.1) is 0 Å². The fourth-order valence-corrected chi connectivity index (χ4v) is 5.14. The van der Waals surface area contributed by atoms with Crippen LogP contribution in [-0.2, 0) is 21.0 Å². The van der Waals surface area contributed by atoms with Crippen LogP contribution in [0, 0.1) is 0 Å². The Morgan fingerprint density at radius 1 is 1.15 bits per heavy atom. The molecule has 0 saturated carbocycles. The van der Waals surface area contributed by atoms with Gasteiger partial charge in [0, 0.05) is 17.8 Å². The molecule has 0 radical (unpaired) electrons. The molecule has 2 atom stereocenters. The number of fused-ring (bicyclic) bond motifs is 1. The number of hydrogen-bond donors (Lipinski definition) is 1. The largest absolute Gasteiger partial charge is 0.268 e. The zero-order valence-corrected chi connectivity index (χ0v) is 17.3. The molecule has 0 spiro atoms. The highest BCUT2D eigenvalue weighted by Crippen LogP contribution is 2.29. The van der Waals surface area contributed by atoms with Crippen LogP contribution in [0.3, 0.4) is 0 Å². The Hall–Kier alpha value is -2.03. The van der Waals surface area contributed by atoms with Crippen LogP contribution in [0.15, 0.2) is 59.8 Å². The lowest BCUT2D eigenvalue weighted by Crippen LogP contribution is -2.35. The average Bonchev–Trinajstić information content (AvgIpc) is 3.02. The summed E-state index contributed by atoms with van der Waals surface area (Å²) >= 11 is 0. The number of hydrogen-bond acceptors (Lipinski definition) is 4. The minimum Gasteiger partial charge on any atom is -0.264 e. The summed E-state index contributed by atoms with van der Waals surface area (Å²) in [5.41, 5.74) is 1.05. The van der Waals surface area contributed by atoms with Crippen molar-refractivity contribution in [1.82, 2.24) is 13.7 Å². The molecule has 1 aromatic carbocycles. The summed E-state index contributed by atoms with van der Waals surface area (Å²) in [6.45, 7) is 7.40. The minimum absolute atomic E-state index is 0.199. The van der Waals surface area contributed by atoms with Crippen LogP contribution in [0.2, 0.25) is 0 Å². The standard InChI is InChI=1S/C19H23N3O3S2/c1-14(21-26(23)19(2,3)4)18-12-15-13-20-11-10-17(15)22(18)27(24,25)16-8-6-5-7-9-16/h5-14,21H,1-4H3/t14-,26+/m0/s1. The van der Waals surface area contributed by atoms with Gasteiger partial charge in [-0.3, -0.25) is 4.98 Å². The van der Waals surface area contributed by atoms with Crippen molar-refractivity contribution in [3.05, 3.63) is 60.6 Å². The molecule has 0 fully saturated rings. The molecule has 27 heavy (non-hydrogen) atoms. The maximum absolute atomic E-state index is 13.4. The number of benzene rings is 1. The number of rotatable bonds is 5. The van der Waals surface area contributed by atoms with Crippen LogP contribution < -0.4 is 4.72 Å². The second-order valence-corrected chi connectivity index (χ2v) is 11.1. The molecule has 3 aromatic rings. The van der Waals surface area contributed by atoms with Gasteiger partial charge >= 0.3 is 0 Å². The van der Waals surface area contributed by atoms with Gasteiger partial charge in [-0.25, -0.2) is 21.3 Å². The van der Waals surface area contributed by atoms with E-state index >= 15 is 0 Å². The van der Waals surface area contributed by atoms with Crippen molar-refractivity contribution >= 4 is 31.9 Å². The van der Waals surface area contributed by atoms with E-state index in [1.165, 1.54) is 3.97 Å². The van der Waals surface area contributed by atoms with Crippen molar-refractivity contribution in [1.29, 1.82) is 0 Å². The Bertz CT molecular complexity index is 1080. The summed E-state index contributed by atoms with van der Waals surface area (Å²) in [7, 11) is -5.16. The van der Waals surface area contributed by atoms with Crippen LogP contribution in [0.4, 0.5) is 0 Å². The van der Waals surface area contributed by atoms with Crippen molar-refractivity contribution in [2.24, 2.45) is 0 Å². The monoisotopic (exact) mass is 405 g/mol. The summed E-state index contributed by atoms with van der Waals surface area (Å²) in [6.07, 6.45) is 3.19. The minimum atomic E-state index is -3.82. The predicted molar refractivity (Wildman–Crippen MR) is 108 cm³/mol. The quantitative estimate of drug-likeness (QED) is 0.705. The Kier molecular flexibility index (Phi) is 5.24. The molecule has 0 bridgehead atoms. The number of pyridine rings is 1. The van der Waals surface area contributed by atoms with E-state index in [-0.39, 0.29) is 4.90 Å². The smallest absolute Gasteiger partial charge is 0.264 e. The SMILES string of the molecule is C[C@H](N[S@](=O)C(C)(C)C)c1cc2cnccc2n1S(=O)(=O)c1ccccc1. The highest BCUT2D eigenvalue weighted by Gasteiger charge is 2.28. The highest BCUT2D eigenvalue weighted by atomic mass is 32.2. The molecule has 6 nitrogen and oxygen atoms in total. The van der Waals surface area contributed by atoms with E-state index in [0.717, 1.165) is 0 Å². The molecular weight excluding hydrogens is 382 g/mol. The molecule has 3 rings (SSSR count). The topological polar surface area (TPSA) is 81.1 Å². The van der Waals surface area contributed by atoms with Gasteiger partial charge in [0.05, 0.1) is 37.9 Å². The highest BCUT2D eigenvalue weighted by molar-refractivity contribution is 7.90. The van der Waals surface area contributed by atoms with Gasteiger partial charge in [0.2, 0.25) is 0 Å². The van der Waals surface area contributed by atoms with E-state index in [9.17, 15) is 12.6 Å². The fraction of sp³-hybridized carbons (Fsp3) is 0.316. The molecule has 0 amide bonds. The summed E-state index contributed by atoms with van der Waals surface area (Å²) < 4.78 is 43.1. The van der Waals surface area contributed by atoms with Crippen LogP contribution in [0.25, 0.3) is 10.9 Å². The van der Waals surface area contributed by atoms with Crippen molar-refractivity contribution in [3.8, 4) is 0 Å². The van der Waals surface area contributed by atoms with Crippen LogP contribution in [-0.4, -0.2) is 26.3 Å². The van der Waals surface area contributed by atoms with E-state index in [0.29, 0.717) is 16.6 Å². The van der Waals surface area contributed by atoms with Gasteiger partial charge in [-0.2, -0.15) is 0 Å². The summed E-state index contributed by atoms with van der Waals surface area (Å²) in [4.78, 5) is 4.29. The third-order valence-corrected chi connectivity index (χ3v) is 7.59. The van der Waals surface area contributed by atoms with Crippen LogP contribution in [0.1, 0.15) is 39.4 Å². The zero-order chi connectivity index (χ0) is 19.8. The molecule has 2 heterocycles. The van der Waals surface area contributed by atoms with Gasteiger partial charge in [0.25, 0.3) is 10.0 Å². The first-order valence-corrected chi connectivity index (χ1v) is 11.2. The fourth-order valence-electron chi connectivity index (χ4n) is 2.72. The van der Waals surface area contributed by atoms with Crippen molar-refractivity contribution in [2.45, 2.75) is 43.4 Å². The lowest BCUT2D eigenvalue weighted by molar-refractivity contribution is 0.578. The Morgan fingerprint density at radius 3 is 2.44 bits per heavy atom. The lowest BCUT2D eigenvalue weighted by atomic mass is 10.2. The Labute approximate surface area is 162 Å². The second kappa shape index (κ2) is 7.18. The van der Waals surface area contributed by atoms with Gasteiger partial charge < -0.3 is 0 Å². The van der Waals surface area contributed by atoms with Crippen LogP contribution in [0.5, 0.6) is 0 Å². The Balaban J connectivity index is 2.17.